The van der Waals surface area contributed by atoms with Crippen molar-refractivity contribution in [2.45, 2.75) is 18.6 Å². The van der Waals surface area contributed by atoms with Gasteiger partial charge in [0.25, 0.3) is 5.91 Å². The Morgan fingerprint density at radius 2 is 2.33 bits per heavy atom. The summed E-state index contributed by atoms with van der Waals surface area (Å²) in [6, 6.07) is 0.462. The number of hydrogen-bond acceptors (Lipinski definition) is 4. The lowest BCUT2D eigenvalue weighted by atomic mass is 10.2. The summed E-state index contributed by atoms with van der Waals surface area (Å²) in [6.45, 7) is 1.84. The number of nitrogens with two attached hydrogens (primary N) is 1. The molecule has 1 aliphatic rings. The van der Waals surface area contributed by atoms with Crippen LogP contribution in [0.5, 0.6) is 0 Å². The molecule has 1 rings (SSSR count). The highest BCUT2D eigenvalue weighted by Crippen LogP contribution is 2.14. The van der Waals surface area contributed by atoms with E-state index in [2.05, 4.69) is 4.90 Å². The van der Waals surface area contributed by atoms with Crippen LogP contribution in [0, 0.1) is 0 Å². The number of nitrogens with zero attached hydrogens (tertiary/aromatic N) is 2. The summed E-state index contributed by atoms with van der Waals surface area (Å²) < 4.78 is 5.04. The van der Waals surface area contributed by atoms with Crippen LogP contribution in [0.3, 0.4) is 0 Å². The standard InChI is InChI=1S/C10H21N3O2/c1-12(2)8-4-5-13(7-8)10(14)9(6-11)15-3/h8-9H,4-7,11H2,1-3H3. The van der Waals surface area contributed by atoms with Crippen LogP contribution in [0.25, 0.3) is 0 Å². The molecule has 2 atom stereocenters. The first-order chi connectivity index (χ1) is 7.10. The van der Waals surface area contributed by atoms with E-state index < -0.39 is 6.10 Å². The highest BCUT2D eigenvalue weighted by Gasteiger charge is 2.30. The highest BCUT2D eigenvalue weighted by atomic mass is 16.5. The van der Waals surface area contributed by atoms with Crippen LogP contribution in [0.4, 0.5) is 0 Å². The number of ether oxygens (including phenoxy) is 1. The van der Waals surface area contributed by atoms with E-state index >= 15 is 0 Å². The number of methoxy groups -OCH3 is 1. The Hall–Kier alpha value is -0.650. The molecule has 1 aliphatic heterocycles. The Labute approximate surface area is 91.2 Å². The van der Waals surface area contributed by atoms with Crippen molar-refractivity contribution < 1.29 is 9.53 Å². The summed E-state index contributed by atoms with van der Waals surface area (Å²) in [5, 5.41) is 0. The Bertz CT molecular complexity index is 217. The van der Waals surface area contributed by atoms with Gasteiger partial charge in [-0.05, 0) is 20.5 Å². The van der Waals surface area contributed by atoms with Gasteiger partial charge in [-0.1, -0.05) is 0 Å². The van der Waals surface area contributed by atoms with Crippen LogP contribution in [-0.2, 0) is 9.53 Å². The van der Waals surface area contributed by atoms with Crippen molar-refractivity contribution in [2.75, 3.05) is 40.8 Å². The van der Waals surface area contributed by atoms with Crippen LogP contribution in [-0.4, -0.2) is 68.7 Å². The van der Waals surface area contributed by atoms with Gasteiger partial charge >= 0.3 is 0 Å². The van der Waals surface area contributed by atoms with Crippen molar-refractivity contribution in [1.82, 2.24) is 9.80 Å². The zero-order chi connectivity index (χ0) is 11.4. The van der Waals surface area contributed by atoms with E-state index in [4.69, 9.17) is 10.5 Å². The van der Waals surface area contributed by atoms with Crippen molar-refractivity contribution in [3.63, 3.8) is 0 Å². The third-order valence-electron chi connectivity index (χ3n) is 2.98. The van der Waals surface area contributed by atoms with Gasteiger partial charge in [-0.15, -0.1) is 0 Å². The minimum atomic E-state index is -0.481. The second-order valence-electron chi connectivity index (χ2n) is 4.15. The molecule has 15 heavy (non-hydrogen) atoms. The van der Waals surface area contributed by atoms with Gasteiger partial charge in [-0.3, -0.25) is 4.79 Å². The molecule has 0 saturated carbocycles. The molecule has 1 saturated heterocycles. The first kappa shape index (κ1) is 12.4. The van der Waals surface area contributed by atoms with Crippen LogP contribution in [0.2, 0.25) is 0 Å². The van der Waals surface area contributed by atoms with Crippen molar-refractivity contribution in [3.05, 3.63) is 0 Å². The van der Waals surface area contributed by atoms with E-state index in [1.165, 1.54) is 7.11 Å². The minimum Gasteiger partial charge on any atom is -0.370 e. The van der Waals surface area contributed by atoms with Crippen LogP contribution in [0.15, 0.2) is 0 Å². The Morgan fingerprint density at radius 3 is 2.73 bits per heavy atom. The average Bonchev–Trinajstić information content (AvgIpc) is 2.68. The van der Waals surface area contributed by atoms with Gasteiger partial charge in [-0.25, -0.2) is 0 Å². The van der Waals surface area contributed by atoms with E-state index in [1.807, 2.05) is 19.0 Å². The lowest BCUT2D eigenvalue weighted by Crippen LogP contribution is -2.43. The molecular formula is C10H21N3O2. The fourth-order valence-electron chi connectivity index (χ4n) is 1.86. The van der Waals surface area contributed by atoms with Gasteiger partial charge < -0.3 is 20.3 Å². The number of carbonyl (C=O) groups is 1. The fraction of sp³-hybridized carbons (Fsp3) is 0.900. The molecule has 1 heterocycles. The number of amides is 1. The molecule has 5 nitrogen and oxygen atoms in total. The van der Waals surface area contributed by atoms with E-state index in [0.29, 0.717) is 6.04 Å². The molecule has 0 bridgehead atoms. The SMILES string of the molecule is COC(CN)C(=O)N1CCC(N(C)C)C1. The molecular weight excluding hydrogens is 194 g/mol. The second-order valence-corrected chi connectivity index (χ2v) is 4.15. The first-order valence-electron chi connectivity index (χ1n) is 5.28. The largest absolute Gasteiger partial charge is 0.370 e. The molecule has 0 aromatic rings. The zero-order valence-corrected chi connectivity index (χ0v) is 9.77. The van der Waals surface area contributed by atoms with E-state index in [-0.39, 0.29) is 12.5 Å². The molecule has 88 valence electrons. The van der Waals surface area contributed by atoms with Crippen LogP contribution < -0.4 is 5.73 Å². The molecule has 0 aliphatic carbocycles. The predicted octanol–water partition coefficient (Wildman–Crippen LogP) is -0.877. The molecule has 0 aromatic carbocycles. The molecule has 0 spiro atoms. The smallest absolute Gasteiger partial charge is 0.253 e. The van der Waals surface area contributed by atoms with E-state index in [0.717, 1.165) is 19.5 Å². The van der Waals surface area contributed by atoms with E-state index in [1.54, 1.807) is 0 Å². The minimum absolute atomic E-state index is 0.0179. The van der Waals surface area contributed by atoms with Gasteiger partial charge in [0.1, 0.15) is 6.10 Å². The second kappa shape index (κ2) is 5.44. The van der Waals surface area contributed by atoms with Crippen molar-refractivity contribution in [2.24, 2.45) is 5.73 Å². The average molecular weight is 215 g/mol. The van der Waals surface area contributed by atoms with Gasteiger partial charge in [0.2, 0.25) is 0 Å². The lowest BCUT2D eigenvalue weighted by molar-refractivity contribution is -0.140. The molecule has 0 aromatic heterocycles. The number of likely N-dealkylation sites (N-methyl/N-ethyl adjacent to an activating group) is 1. The molecule has 5 heteroatoms. The molecule has 0 radical (unpaired) electrons. The summed E-state index contributed by atoms with van der Waals surface area (Å²) in [6.07, 6.45) is 0.547. The van der Waals surface area contributed by atoms with Crippen LogP contribution >= 0.6 is 0 Å². The van der Waals surface area contributed by atoms with Gasteiger partial charge in [0.15, 0.2) is 0 Å². The predicted molar refractivity (Wildman–Crippen MR) is 58.5 cm³/mol. The summed E-state index contributed by atoms with van der Waals surface area (Å²) in [5.74, 6) is 0.0179. The molecule has 2 unspecified atom stereocenters. The quantitative estimate of drug-likeness (QED) is 0.662. The van der Waals surface area contributed by atoms with Gasteiger partial charge in [0, 0.05) is 32.8 Å². The summed E-state index contributed by atoms with van der Waals surface area (Å²) in [7, 11) is 5.60. The molecule has 1 fully saturated rings. The number of hydrogen-bond donors (Lipinski definition) is 1. The molecule has 1 amide bonds. The number of likely N-dealkylation sites (tertiary alicyclic amines) is 1. The van der Waals surface area contributed by atoms with Gasteiger partial charge in [0.05, 0.1) is 0 Å². The Balaban J connectivity index is 2.49. The van der Waals surface area contributed by atoms with Crippen LogP contribution in [0.1, 0.15) is 6.42 Å². The Kier molecular flexibility index (Phi) is 4.50. The fourth-order valence-corrected chi connectivity index (χ4v) is 1.86. The number of carbonyl (C=O) groups excluding carboxylic acids is 1. The Morgan fingerprint density at radius 1 is 1.67 bits per heavy atom. The van der Waals surface area contributed by atoms with Crippen molar-refractivity contribution in [3.8, 4) is 0 Å². The first-order valence-corrected chi connectivity index (χ1v) is 5.28. The third-order valence-corrected chi connectivity index (χ3v) is 2.98. The van der Waals surface area contributed by atoms with Crippen molar-refractivity contribution >= 4 is 5.91 Å². The summed E-state index contributed by atoms with van der Waals surface area (Å²) >= 11 is 0. The zero-order valence-electron chi connectivity index (χ0n) is 9.77. The lowest BCUT2D eigenvalue weighted by Gasteiger charge is -2.23. The summed E-state index contributed by atoms with van der Waals surface area (Å²) in [4.78, 5) is 15.9. The maximum atomic E-state index is 11.9. The highest BCUT2D eigenvalue weighted by molar-refractivity contribution is 5.81. The van der Waals surface area contributed by atoms with E-state index in [9.17, 15) is 4.79 Å². The maximum absolute atomic E-state index is 11.9. The number of rotatable bonds is 4. The van der Waals surface area contributed by atoms with Gasteiger partial charge in [-0.2, -0.15) is 0 Å². The monoisotopic (exact) mass is 215 g/mol. The normalized spacial score (nSPS) is 23.5. The summed E-state index contributed by atoms with van der Waals surface area (Å²) in [5.41, 5.74) is 5.46. The topological polar surface area (TPSA) is 58.8 Å². The molecule has 2 N–H and O–H groups in total. The maximum Gasteiger partial charge on any atom is 0.253 e. The third kappa shape index (κ3) is 2.90. The van der Waals surface area contributed by atoms with Crippen molar-refractivity contribution in [1.29, 1.82) is 0 Å².